The number of imidazole rings is 1. The van der Waals surface area contributed by atoms with Crippen molar-refractivity contribution < 1.29 is 36.7 Å². The maximum Gasteiger partial charge on any atom is 0.471 e. The van der Waals surface area contributed by atoms with Gasteiger partial charge in [0.2, 0.25) is 11.8 Å². The van der Waals surface area contributed by atoms with E-state index in [2.05, 4.69) is 20.0 Å². The van der Waals surface area contributed by atoms with Crippen LogP contribution in [0.4, 0.5) is 13.2 Å². The number of carbonyl (C=O) groups excluding carboxylic acids is 3. The molecule has 2 heterocycles. The van der Waals surface area contributed by atoms with Gasteiger partial charge in [-0.2, -0.15) is 13.2 Å². The summed E-state index contributed by atoms with van der Waals surface area (Å²) >= 11 is 0. The first-order valence-corrected chi connectivity index (χ1v) is 15.7. The summed E-state index contributed by atoms with van der Waals surface area (Å²) in [5.74, 6) is -2.92. The maximum atomic E-state index is 14.2. The molecule has 3 aromatic carbocycles. The van der Waals surface area contributed by atoms with Crippen molar-refractivity contribution in [3.63, 3.8) is 0 Å². The van der Waals surface area contributed by atoms with Crippen molar-refractivity contribution in [1.29, 1.82) is 0 Å². The van der Waals surface area contributed by atoms with E-state index in [0.29, 0.717) is 27.1 Å². The summed E-state index contributed by atoms with van der Waals surface area (Å²) in [6.45, 7) is 0.790. The van der Waals surface area contributed by atoms with E-state index in [9.17, 15) is 36.7 Å². The van der Waals surface area contributed by atoms with Gasteiger partial charge >= 0.3 is 12.1 Å². The molecule has 4 aromatic rings. The molecule has 238 valence electrons. The maximum absolute atomic E-state index is 14.2. The molecule has 0 aliphatic carbocycles. The van der Waals surface area contributed by atoms with Gasteiger partial charge in [0.1, 0.15) is 11.1 Å². The third kappa shape index (κ3) is 7.64. The van der Waals surface area contributed by atoms with Crippen LogP contribution in [-0.2, 0) is 27.2 Å². The Bertz CT molecular complexity index is 1650. The van der Waals surface area contributed by atoms with Gasteiger partial charge in [-0.3, -0.25) is 28.2 Å². The summed E-state index contributed by atoms with van der Waals surface area (Å²) in [6.07, 6.45) is -5.27. The van der Waals surface area contributed by atoms with Crippen molar-refractivity contribution in [1.82, 2.24) is 24.9 Å². The molecule has 14 heteroatoms. The fourth-order valence-corrected chi connectivity index (χ4v) is 7.03. The van der Waals surface area contributed by atoms with Crippen LogP contribution in [0.3, 0.4) is 0 Å². The van der Waals surface area contributed by atoms with Gasteiger partial charge in [-0.15, -0.1) is 10.8 Å². The van der Waals surface area contributed by atoms with Gasteiger partial charge in [-0.05, 0) is 35.2 Å². The van der Waals surface area contributed by atoms with E-state index in [1.54, 1.807) is 78.9 Å². The highest BCUT2D eigenvalue weighted by Crippen LogP contribution is 2.56. The van der Waals surface area contributed by atoms with Crippen molar-refractivity contribution in [2.75, 3.05) is 6.54 Å². The van der Waals surface area contributed by atoms with Crippen molar-refractivity contribution in [3.8, 4) is 0 Å². The fraction of sp³-hybridized carbons (Fsp3) is 0.290. The van der Waals surface area contributed by atoms with Crippen LogP contribution in [0.5, 0.6) is 0 Å². The Balaban J connectivity index is 1.53. The first-order valence-electron chi connectivity index (χ1n) is 14.1. The third-order valence-corrected chi connectivity index (χ3v) is 9.32. The van der Waals surface area contributed by atoms with Crippen LogP contribution in [-0.4, -0.2) is 60.5 Å². The van der Waals surface area contributed by atoms with Crippen LogP contribution < -0.4 is 10.0 Å². The zero-order valence-electron chi connectivity index (χ0n) is 24.1. The van der Waals surface area contributed by atoms with E-state index in [-0.39, 0.29) is 25.1 Å². The van der Waals surface area contributed by atoms with Crippen LogP contribution in [0, 0.1) is 0 Å². The molecule has 1 saturated heterocycles. The first-order chi connectivity index (χ1) is 21.3. The predicted octanol–water partition coefficient (Wildman–Crippen LogP) is 5.21. The summed E-state index contributed by atoms with van der Waals surface area (Å²) in [4.78, 5) is 45.4. The number of hydrogen-bond acceptors (Lipinski definition) is 6. The zero-order valence-corrected chi connectivity index (χ0v) is 24.9. The summed E-state index contributed by atoms with van der Waals surface area (Å²) in [5, 5.41) is 1.83. The number of nitrogens with zero attached hydrogens (tertiary/aromatic N) is 2. The molecule has 0 radical (unpaired) electrons. The molecule has 45 heavy (non-hydrogen) atoms. The average Bonchev–Trinajstić information content (AvgIpc) is 3.53. The SMILES string of the molecule is CC(=O)N[C@@H](Cc1ccccc1)CN(C(=O)C(F)(F)F)[C@H](Cc1ccc(C2CC(=O)NS2(O)O)cc1)c1nc2ccccc2[nH]1. The molecule has 3 atom stereocenters. The van der Waals surface area contributed by atoms with E-state index >= 15 is 0 Å². The lowest BCUT2D eigenvalue weighted by Gasteiger charge is -2.35. The molecule has 1 unspecified atom stereocenters. The molecule has 1 aromatic heterocycles. The molecule has 1 aliphatic rings. The number of H-pyrrole nitrogens is 1. The van der Waals surface area contributed by atoms with Crippen LogP contribution in [0.15, 0.2) is 78.9 Å². The van der Waals surface area contributed by atoms with Gasteiger partial charge in [0.15, 0.2) is 0 Å². The van der Waals surface area contributed by atoms with Crippen LogP contribution >= 0.6 is 10.8 Å². The van der Waals surface area contributed by atoms with E-state index in [4.69, 9.17) is 0 Å². The fourth-order valence-electron chi connectivity index (χ4n) is 5.55. The van der Waals surface area contributed by atoms with Crippen molar-refractivity contribution in [2.24, 2.45) is 0 Å². The number of para-hydroxylation sites is 2. The summed E-state index contributed by atoms with van der Waals surface area (Å²) in [5.41, 5.74) is 2.82. The number of nitrogens with one attached hydrogen (secondary N) is 3. The molecule has 0 spiro atoms. The monoisotopic (exact) mass is 643 g/mol. The van der Waals surface area contributed by atoms with Crippen LogP contribution in [0.2, 0.25) is 0 Å². The normalized spacial score (nSPS) is 18.2. The van der Waals surface area contributed by atoms with E-state index in [1.807, 2.05) is 0 Å². The second-order valence-corrected chi connectivity index (χ2v) is 12.9. The summed E-state index contributed by atoms with van der Waals surface area (Å²) in [7, 11) is -3.40. The Hall–Kier alpha value is -4.40. The highest BCUT2D eigenvalue weighted by Gasteiger charge is 2.46. The Morgan fingerprint density at radius 2 is 1.64 bits per heavy atom. The number of alkyl halides is 3. The molecular weight excluding hydrogens is 611 g/mol. The molecule has 0 saturated carbocycles. The second kappa shape index (κ2) is 12.9. The summed E-state index contributed by atoms with van der Waals surface area (Å²) in [6, 6.07) is 20.1. The minimum absolute atomic E-state index is 0.0991. The molecule has 1 aliphatic heterocycles. The number of halogens is 3. The Morgan fingerprint density at radius 1 is 1.00 bits per heavy atom. The smallest absolute Gasteiger partial charge is 0.351 e. The van der Waals surface area contributed by atoms with Gasteiger partial charge in [-0.1, -0.05) is 66.7 Å². The lowest BCUT2D eigenvalue weighted by Crippen LogP contribution is -2.51. The Morgan fingerprint density at radius 3 is 2.24 bits per heavy atom. The van der Waals surface area contributed by atoms with Gasteiger partial charge < -0.3 is 15.2 Å². The predicted molar refractivity (Wildman–Crippen MR) is 163 cm³/mol. The lowest BCUT2D eigenvalue weighted by molar-refractivity contribution is -0.188. The number of rotatable bonds is 10. The molecule has 3 amide bonds. The van der Waals surface area contributed by atoms with E-state index in [0.717, 1.165) is 5.56 Å². The average molecular weight is 644 g/mol. The number of aromatic nitrogens is 2. The van der Waals surface area contributed by atoms with Crippen LogP contribution in [0.1, 0.15) is 47.2 Å². The Labute approximate surface area is 258 Å². The number of fused-ring (bicyclic) bond motifs is 1. The minimum atomic E-state index is -5.22. The van der Waals surface area contributed by atoms with Gasteiger partial charge in [0.25, 0.3) is 0 Å². The molecule has 0 bridgehead atoms. The van der Waals surface area contributed by atoms with Crippen molar-refractivity contribution >= 4 is 39.5 Å². The first kappa shape index (κ1) is 32.0. The van der Waals surface area contributed by atoms with E-state index in [1.165, 1.54) is 6.92 Å². The number of carbonyl (C=O) groups is 3. The standard InChI is InChI=1S/C31H32F3N5O5S/c1-19(40)35-23(15-20-7-3-2-4-8-20)18-39(30(42)31(32,33)34)26(29-36-24-9-5-6-10-25(24)37-29)16-21-11-13-22(14-12-21)27-17-28(41)38-45(27,43)44/h2-14,23,26-27,43-44H,15-18H2,1H3,(H,35,40)(H,36,37)(H,38,41)/t23-,26+,27?/m0/s1. The van der Waals surface area contributed by atoms with Gasteiger partial charge in [0, 0.05) is 19.9 Å². The molecule has 5 rings (SSSR count). The minimum Gasteiger partial charge on any atom is -0.351 e. The topological polar surface area (TPSA) is 148 Å². The Kier molecular flexibility index (Phi) is 9.18. The van der Waals surface area contributed by atoms with Crippen LogP contribution in [0.25, 0.3) is 11.0 Å². The van der Waals surface area contributed by atoms with Gasteiger partial charge in [-0.25, -0.2) is 4.98 Å². The molecule has 5 N–H and O–H groups in total. The molecule has 10 nitrogen and oxygen atoms in total. The highest BCUT2D eigenvalue weighted by molar-refractivity contribution is 8.23. The lowest BCUT2D eigenvalue weighted by atomic mass is 9.99. The number of aromatic amines is 1. The quantitative estimate of drug-likeness (QED) is 0.160. The third-order valence-electron chi connectivity index (χ3n) is 7.56. The number of amides is 3. The van der Waals surface area contributed by atoms with Gasteiger partial charge in [0.05, 0.1) is 29.5 Å². The molecule has 1 fully saturated rings. The largest absolute Gasteiger partial charge is 0.471 e. The number of benzene rings is 3. The second-order valence-electron chi connectivity index (χ2n) is 11.0. The summed E-state index contributed by atoms with van der Waals surface area (Å²) < 4.78 is 65.4. The van der Waals surface area contributed by atoms with Crippen molar-refractivity contribution in [3.05, 3.63) is 101 Å². The zero-order chi connectivity index (χ0) is 32.4. The molecular formula is C31H32F3N5O5S. The van der Waals surface area contributed by atoms with E-state index < -0.39 is 58.6 Å². The van der Waals surface area contributed by atoms with Crippen molar-refractivity contribution in [2.45, 2.75) is 49.7 Å². The number of hydrogen-bond donors (Lipinski definition) is 5. The highest BCUT2D eigenvalue weighted by atomic mass is 32.3.